The number of carbonyl (C=O) groups is 2. The van der Waals surface area contributed by atoms with E-state index in [0.29, 0.717) is 38.1 Å². The first-order valence-electron chi connectivity index (χ1n) is 8.94. The van der Waals surface area contributed by atoms with Gasteiger partial charge in [0.25, 0.3) is 5.91 Å². The van der Waals surface area contributed by atoms with E-state index in [0.717, 1.165) is 11.3 Å². The number of amides is 2. The summed E-state index contributed by atoms with van der Waals surface area (Å²) in [5.41, 5.74) is 1.67. The second-order valence-corrected chi connectivity index (χ2v) is 6.71. The first-order valence-corrected chi connectivity index (χ1v) is 8.94. The molecule has 6 heteroatoms. The molecule has 2 aromatic rings. The summed E-state index contributed by atoms with van der Waals surface area (Å²) in [5.74, 6) is 0.829. The fourth-order valence-electron chi connectivity index (χ4n) is 3.59. The summed E-state index contributed by atoms with van der Waals surface area (Å²) in [7, 11) is 0. The Morgan fingerprint density at radius 3 is 2.58 bits per heavy atom. The van der Waals surface area contributed by atoms with E-state index < -0.39 is 0 Å². The Hall–Kier alpha value is -2.89. The quantitative estimate of drug-likeness (QED) is 0.920. The van der Waals surface area contributed by atoms with E-state index in [1.165, 1.54) is 0 Å². The Bertz CT molecular complexity index is 801. The molecule has 1 aromatic heterocycles. The number of rotatable bonds is 3. The number of nitrogens with zero attached hydrogens (tertiary/aromatic N) is 2. The van der Waals surface area contributed by atoms with Gasteiger partial charge in [0.2, 0.25) is 5.91 Å². The monoisotopic (exact) mass is 351 g/mol. The molecule has 2 aliphatic heterocycles. The number of pyridine rings is 1. The lowest BCUT2D eigenvalue weighted by Gasteiger charge is -2.31. The van der Waals surface area contributed by atoms with E-state index in [4.69, 9.17) is 4.74 Å². The molecule has 1 aromatic carbocycles. The molecule has 1 fully saturated rings. The van der Waals surface area contributed by atoms with E-state index in [1.54, 1.807) is 24.5 Å². The maximum Gasteiger partial charge on any atom is 0.253 e. The SMILES string of the molecule is O=C(N[C@@H]1COc2ccccc21)C1CCN(C(=O)c2ccncc2)CC1. The Morgan fingerprint density at radius 2 is 1.81 bits per heavy atom. The molecule has 1 N–H and O–H groups in total. The number of ether oxygens (including phenoxy) is 1. The zero-order valence-electron chi connectivity index (χ0n) is 14.4. The smallest absolute Gasteiger partial charge is 0.253 e. The highest BCUT2D eigenvalue weighted by atomic mass is 16.5. The largest absolute Gasteiger partial charge is 0.491 e. The second kappa shape index (κ2) is 7.15. The van der Waals surface area contributed by atoms with Gasteiger partial charge in [-0.05, 0) is 31.0 Å². The van der Waals surface area contributed by atoms with E-state index in [1.807, 2.05) is 29.2 Å². The van der Waals surface area contributed by atoms with Crippen molar-refractivity contribution >= 4 is 11.8 Å². The predicted octanol–water partition coefficient (Wildman–Crippen LogP) is 2.18. The summed E-state index contributed by atoms with van der Waals surface area (Å²) in [6.07, 6.45) is 4.60. The number of carbonyl (C=O) groups excluding carboxylic acids is 2. The van der Waals surface area contributed by atoms with Crippen LogP contribution in [-0.4, -0.2) is 41.4 Å². The van der Waals surface area contributed by atoms with Crippen molar-refractivity contribution in [1.29, 1.82) is 0 Å². The van der Waals surface area contributed by atoms with Gasteiger partial charge in [0.15, 0.2) is 0 Å². The highest BCUT2D eigenvalue weighted by Gasteiger charge is 2.31. The van der Waals surface area contributed by atoms with Crippen molar-refractivity contribution < 1.29 is 14.3 Å². The second-order valence-electron chi connectivity index (χ2n) is 6.71. The topological polar surface area (TPSA) is 71.5 Å². The van der Waals surface area contributed by atoms with E-state index in [9.17, 15) is 9.59 Å². The third-order valence-electron chi connectivity index (χ3n) is 5.10. The fraction of sp³-hybridized carbons (Fsp3) is 0.350. The molecule has 0 bridgehead atoms. The molecule has 134 valence electrons. The molecule has 0 aliphatic carbocycles. The molecule has 0 saturated carbocycles. The molecule has 3 heterocycles. The van der Waals surface area contributed by atoms with Crippen molar-refractivity contribution in [2.24, 2.45) is 5.92 Å². The first kappa shape index (κ1) is 16.6. The van der Waals surface area contributed by atoms with Crippen LogP contribution in [0, 0.1) is 5.92 Å². The normalized spacial score (nSPS) is 19.5. The lowest BCUT2D eigenvalue weighted by Crippen LogP contribution is -2.43. The van der Waals surface area contributed by atoms with E-state index in [-0.39, 0.29) is 23.8 Å². The van der Waals surface area contributed by atoms with E-state index in [2.05, 4.69) is 10.3 Å². The number of para-hydroxylation sites is 1. The highest BCUT2D eigenvalue weighted by Crippen LogP contribution is 2.32. The number of piperidine rings is 1. The van der Waals surface area contributed by atoms with Crippen molar-refractivity contribution in [3.05, 3.63) is 59.9 Å². The number of hydrogen-bond donors (Lipinski definition) is 1. The molecule has 1 saturated heterocycles. The van der Waals surface area contributed by atoms with Gasteiger partial charge in [-0.25, -0.2) is 0 Å². The summed E-state index contributed by atoms with van der Waals surface area (Å²) in [4.78, 5) is 30.9. The van der Waals surface area contributed by atoms with Gasteiger partial charge in [-0.1, -0.05) is 18.2 Å². The van der Waals surface area contributed by atoms with Crippen LogP contribution in [0.3, 0.4) is 0 Å². The molecular formula is C20H21N3O3. The zero-order chi connectivity index (χ0) is 17.9. The van der Waals surface area contributed by atoms with Gasteiger partial charge in [-0.3, -0.25) is 14.6 Å². The van der Waals surface area contributed by atoms with Crippen molar-refractivity contribution in [3.63, 3.8) is 0 Å². The predicted molar refractivity (Wildman–Crippen MR) is 95.7 cm³/mol. The lowest BCUT2D eigenvalue weighted by atomic mass is 9.94. The molecule has 0 unspecified atom stereocenters. The Morgan fingerprint density at radius 1 is 1.08 bits per heavy atom. The number of benzene rings is 1. The van der Waals surface area contributed by atoms with Crippen LogP contribution >= 0.6 is 0 Å². The molecule has 1 atom stereocenters. The first-order chi connectivity index (χ1) is 12.7. The lowest BCUT2D eigenvalue weighted by molar-refractivity contribution is -0.127. The molecule has 2 amide bonds. The minimum atomic E-state index is -0.0878. The van der Waals surface area contributed by atoms with Crippen LogP contribution in [0.4, 0.5) is 0 Å². The van der Waals surface area contributed by atoms with Gasteiger partial charge in [0.05, 0.1) is 6.04 Å². The van der Waals surface area contributed by atoms with Crippen LogP contribution in [0.2, 0.25) is 0 Å². The average Bonchev–Trinajstić information content (AvgIpc) is 3.11. The molecule has 2 aliphatic rings. The average molecular weight is 351 g/mol. The molecule has 6 nitrogen and oxygen atoms in total. The minimum Gasteiger partial charge on any atom is -0.491 e. The van der Waals surface area contributed by atoms with Crippen LogP contribution < -0.4 is 10.1 Å². The van der Waals surface area contributed by atoms with Crippen LogP contribution in [0.25, 0.3) is 0 Å². The zero-order valence-corrected chi connectivity index (χ0v) is 14.4. The number of fused-ring (bicyclic) bond motifs is 1. The van der Waals surface area contributed by atoms with Crippen molar-refractivity contribution in [1.82, 2.24) is 15.2 Å². The van der Waals surface area contributed by atoms with Crippen molar-refractivity contribution in [3.8, 4) is 5.75 Å². The number of hydrogen-bond acceptors (Lipinski definition) is 4. The maximum atomic E-state index is 12.6. The fourth-order valence-corrected chi connectivity index (χ4v) is 3.59. The Balaban J connectivity index is 1.32. The third-order valence-corrected chi connectivity index (χ3v) is 5.10. The van der Waals surface area contributed by atoms with Crippen molar-refractivity contribution in [2.45, 2.75) is 18.9 Å². The minimum absolute atomic E-state index is 0.00405. The van der Waals surface area contributed by atoms with Gasteiger partial charge >= 0.3 is 0 Å². The van der Waals surface area contributed by atoms with Gasteiger partial charge in [0.1, 0.15) is 12.4 Å². The summed E-state index contributed by atoms with van der Waals surface area (Å²) in [6, 6.07) is 11.1. The molecule has 4 rings (SSSR count). The number of aromatic nitrogens is 1. The summed E-state index contributed by atoms with van der Waals surface area (Å²) in [6.45, 7) is 1.67. The van der Waals surface area contributed by atoms with Gasteiger partial charge < -0.3 is 15.0 Å². The highest BCUT2D eigenvalue weighted by molar-refractivity contribution is 5.94. The molecule has 0 radical (unpaired) electrons. The number of nitrogens with one attached hydrogen (secondary N) is 1. The molecule has 26 heavy (non-hydrogen) atoms. The Kier molecular flexibility index (Phi) is 4.56. The van der Waals surface area contributed by atoms with Gasteiger partial charge in [-0.2, -0.15) is 0 Å². The van der Waals surface area contributed by atoms with Crippen molar-refractivity contribution in [2.75, 3.05) is 19.7 Å². The summed E-state index contributed by atoms with van der Waals surface area (Å²) >= 11 is 0. The summed E-state index contributed by atoms with van der Waals surface area (Å²) in [5, 5.41) is 3.10. The number of likely N-dealkylation sites (tertiary alicyclic amines) is 1. The van der Waals surface area contributed by atoms with E-state index >= 15 is 0 Å². The van der Waals surface area contributed by atoms with Crippen LogP contribution in [-0.2, 0) is 4.79 Å². The van der Waals surface area contributed by atoms with Gasteiger partial charge in [-0.15, -0.1) is 0 Å². The van der Waals surface area contributed by atoms with Crippen LogP contribution in [0.5, 0.6) is 5.75 Å². The maximum absolute atomic E-state index is 12.6. The standard InChI is InChI=1S/C20H21N3O3/c24-19(22-17-13-26-18-4-2-1-3-16(17)18)14-7-11-23(12-8-14)20(25)15-5-9-21-10-6-15/h1-6,9-10,14,17H,7-8,11-13H2,(H,22,24)/t17-/m1/s1. The third kappa shape index (κ3) is 3.27. The summed E-state index contributed by atoms with van der Waals surface area (Å²) < 4.78 is 5.62. The Labute approximate surface area is 152 Å². The van der Waals surface area contributed by atoms with Gasteiger partial charge in [0, 0.05) is 42.5 Å². The van der Waals surface area contributed by atoms with Crippen LogP contribution in [0.15, 0.2) is 48.8 Å². The molecule has 0 spiro atoms. The molecular weight excluding hydrogens is 330 g/mol. The van der Waals surface area contributed by atoms with Crippen LogP contribution in [0.1, 0.15) is 34.8 Å².